The van der Waals surface area contributed by atoms with Crippen LogP contribution in [-0.2, 0) is 6.54 Å². The third kappa shape index (κ3) is 3.44. The van der Waals surface area contributed by atoms with Gasteiger partial charge in [-0.25, -0.2) is 9.37 Å². The molecule has 24 heavy (non-hydrogen) atoms. The molecule has 4 rings (SSSR count). The average molecular weight is 329 g/mol. The van der Waals surface area contributed by atoms with E-state index < -0.39 is 0 Å². The molecule has 2 aliphatic rings. The van der Waals surface area contributed by atoms with Crippen molar-refractivity contribution >= 4 is 5.69 Å². The van der Waals surface area contributed by atoms with Gasteiger partial charge < -0.3 is 9.47 Å². The van der Waals surface area contributed by atoms with Crippen LogP contribution in [-0.4, -0.2) is 71.2 Å². The Kier molecular flexibility index (Phi) is 4.49. The fourth-order valence-corrected chi connectivity index (χ4v) is 3.63. The van der Waals surface area contributed by atoms with Gasteiger partial charge in [0.05, 0.1) is 6.33 Å². The molecular formula is C18H24FN5. The Balaban J connectivity index is 1.19. The van der Waals surface area contributed by atoms with E-state index in [1.807, 2.05) is 30.9 Å². The zero-order chi connectivity index (χ0) is 16.4. The second-order valence-electron chi connectivity index (χ2n) is 6.71. The van der Waals surface area contributed by atoms with Crippen LogP contribution < -0.4 is 4.90 Å². The summed E-state index contributed by atoms with van der Waals surface area (Å²) in [5.74, 6) is -0.164. The highest BCUT2D eigenvalue weighted by atomic mass is 19.1. The second kappa shape index (κ2) is 6.91. The number of anilines is 1. The highest BCUT2D eigenvalue weighted by molar-refractivity contribution is 5.46. The lowest BCUT2D eigenvalue weighted by molar-refractivity contribution is 0.0288. The molecular weight excluding hydrogens is 305 g/mol. The van der Waals surface area contributed by atoms with Gasteiger partial charge in [-0.15, -0.1) is 0 Å². The third-order valence-electron chi connectivity index (χ3n) is 5.19. The molecule has 6 heteroatoms. The lowest BCUT2D eigenvalue weighted by Crippen LogP contribution is -2.63. The van der Waals surface area contributed by atoms with Crippen LogP contribution in [0.4, 0.5) is 10.1 Å². The summed E-state index contributed by atoms with van der Waals surface area (Å²) in [5, 5.41) is 0. The predicted octanol–water partition coefficient (Wildman–Crippen LogP) is 1.53. The fraction of sp³-hybridized carbons (Fsp3) is 0.500. The number of nitrogens with zero attached hydrogens (tertiary/aromatic N) is 5. The lowest BCUT2D eigenvalue weighted by Gasteiger charge is -2.48. The average Bonchev–Trinajstić information content (AvgIpc) is 3.08. The summed E-state index contributed by atoms with van der Waals surface area (Å²) >= 11 is 0. The smallest absolute Gasteiger partial charge is 0.123 e. The Morgan fingerprint density at radius 2 is 1.75 bits per heavy atom. The SMILES string of the molecule is Fc1ccc(N2CCN(C3CN(CCn4ccnc4)C3)CC2)cc1. The molecule has 1 aromatic carbocycles. The van der Waals surface area contributed by atoms with Gasteiger partial charge in [0.2, 0.25) is 0 Å². The van der Waals surface area contributed by atoms with Gasteiger partial charge in [0.25, 0.3) is 0 Å². The first-order chi connectivity index (χ1) is 11.8. The zero-order valence-electron chi connectivity index (χ0n) is 13.9. The first-order valence-electron chi connectivity index (χ1n) is 8.70. The molecule has 0 saturated carbocycles. The van der Waals surface area contributed by atoms with E-state index in [2.05, 4.69) is 24.3 Å². The molecule has 0 atom stereocenters. The molecule has 0 unspecified atom stereocenters. The summed E-state index contributed by atoms with van der Waals surface area (Å²) in [5.41, 5.74) is 1.13. The van der Waals surface area contributed by atoms with Gasteiger partial charge >= 0.3 is 0 Å². The van der Waals surface area contributed by atoms with Gasteiger partial charge in [-0.2, -0.15) is 0 Å². The number of hydrogen-bond donors (Lipinski definition) is 0. The molecule has 2 aromatic rings. The van der Waals surface area contributed by atoms with Crippen LogP contribution in [0.15, 0.2) is 43.0 Å². The molecule has 2 saturated heterocycles. The molecule has 0 aliphatic carbocycles. The van der Waals surface area contributed by atoms with Gasteiger partial charge in [0.15, 0.2) is 0 Å². The molecule has 1 aromatic heterocycles. The van der Waals surface area contributed by atoms with Crippen molar-refractivity contribution in [2.45, 2.75) is 12.6 Å². The Morgan fingerprint density at radius 3 is 2.42 bits per heavy atom. The maximum Gasteiger partial charge on any atom is 0.123 e. The van der Waals surface area contributed by atoms with Crippen LogP contribution in [0.2, 0.25) is 0 Å². The summed E-state index contributed by atoms with van der Waals surface area (Å²) in [6.07, 6.45) is 5.73. The maximum absolute atomic E-state index is 13.0. The van der Waals surface area contributed by atoms with Gasteiger partial charge in [-0.3, -0.25) is 9.80 Å². The topological polar surface area (TPSA) is 27.5 Å². The minimum atomic E-state index is -0.164. The Labute approximate surface area is 142 Å². The fourth-order valence-electron chi connectivity index (χ4n) is 3.63. The Bertz CT molecular complexity index is 628. The number of likely N-dealkylation sites (tertiary alicyclic amines) is 1. The van der Waals surface area contributed by atoms with E-state index in [-0.39, 0.29) is 5.82 Å². The van der Waals surface area contributed by atoms with Crippen molar-refractivity contribution < 1.29 is 4.39 Å². The monoisotopic (exact) mass is 329 g/mol. The number of hydrogen-bond acceptors (Lipinski definition) is 4. The lowest BCUT2D eigenvalue weighted by atomic mass is 10.1. The van der Waals surface area contributed by atoms with E-state index in [9.17, 15) is 4.39 Å². The number of rotatable bonds is 5. The standard InChI is InChI=1S/C18H24FN5/c19-16-1-3-17(4-2-16)23-9-11-24(12-10-23)18-13-22(14-18)8-7-21-6-5-20-15-21/h1-6,15,18H,7-14H2. The Morgan fingerprint density at radius 1 is 1.00 bits per heavy atom. The molecule has 2 fully saturated rings. The van der Waals surface area contributed by atoms with Crippen LogP contribution in [0.5, 0.6) is 0 Å². The number of benzene rings is 1. The van der Waals surface area contributed by atoms with E-state index >= 15 is 0 Å². The minimum Gasteiger partial charge on any atom is -0.369 e. The van der Waals surface area contributed by atoms with Gasteiger partial charge in [0, 0.05) is 76.5 Å². The van der Waals surface area contributed by atoms with E-state index in [0.717, 1.165) is 45.0 Å². The molecule has 0 bridgehead atoms. The van der Waals surface area contributed by atoms with Crippen molar-refractivity contribution in [3.8, 4) is 0 Å². The summed E-state index contributed by atoms with van der Waals surface area (Å²) < 4.78 is 15.2. The van der Waals surface area contributed by atoms with Crippen molar-refractivity contribution in [3.05, 3.63) is 48.8 Å². The van der Waals surface area contributed by atoms with Crippen LogP contribution in [0, 0.1) is 5.82 Å². The second-order valence-corrected chi connectivity index (χ2v) is 6.71. The van der Waals surface area contributed by atoms with Gasteiger partial charge in [0.1, 0.15) is 5.82 Å². The Hall–Kier alpha value is -1.92. The first kappa shape index (κ1) is 15.6. The normalized spacial score (nSPS) is 20.3. The predicted molar refractivity (Wildman–Crippen MR) is 92.6 cm³/mol. The number of aromatic nitrogens is 2. The molecule has 128 valence electrons. The van der Waals surface area contributed by atoms with Crippen LogP contribution >= 0.6 is 0 Å². The van der Waals surface area contributed by atoms with Crippen LogP contribution in [0.3, 0.4) is 0 Å². The number of piperazine rings is 1. The quantitative estimate of drug-likeness (QED) is 0.831. The van der Waals surface area contributed by atoms with Crippen molar-refractivity contribution in [1.29, 1.82) is 0 Å². The van der Waals surface area contributed by atoms with Crippen molar-refractivity contribution in [2.75, 3.05) is 50.7 Å². The van der Waals surface area contributed by atoms with Crippen molar-refractivity contribution in [1.82, 2.24) is 19.4 Å². The molecule has 0 radical (unpaired) electrons. The molecule has 0 spiro atoms. The third-order valence-corrected chi connectivity index (χ3v) is 5.19. The highest BCUT2D eigenvalue weighted by Gasteiger charge is 2.33. The van der Waals surface area contributed by atoms with Crippen LogP contribution in [0.25, 0.3) is 0 Å². The van der Waals surface area contributed by atoms with Crippen molar-refractivity contribution in [2.24, 2.45) is 0 Å². The zero-order valence-corrected chi connectivity index (χ0v) is 13.9. The molecule has 0 amide bonds. The van der Waals surface area contributed by atoms with Crippen molar-refractivity contribution in [3.63, 3.8) is 0 Å². The van der Waals surface area contributed by atoms with E-state index in [1.165, 1.54) is 13.1 Å². The summed E-state index contributed by atoms with van der Waals surface area (Å²) in [6, 6.07) is 7.55. The summed E-state index contributed by atoms with van der Waals surface area (Å²) in [6.45, 7) is 8.70. The van der Waals surface area contributed by atoms with E-state index in [0.29, 0.717) is 6.04 Å². The molecule has 3 heterocycles. The van der Waals surface area contributed by atoms with E-state index in [4.69, 9.17) is 0 Å². The molecule has 2 aliphatic heterocycles. The first-order valence-corrected chi connectivity index (χ1v) is 8.70. The van der Waals surface area contributed by atoms with Gasteiger partial charge in [-0.1, -0.05) is 0 Å². The molecule has 5 nitrogen and oxygen atoms in total. The highest BCUT2D eigenvalue weighted by Crippen LogP contribution is 2.21. The number of halogens is 1. The minimum absolute atomic E-state index is 0.164. The van der Waals surface area contributed by atoms with E-state index in [1.54, 1.807) is 12.1 Å². The van der Waals surface area contributed by atoms with Crippen LogP contribution in [0.1, 0.15) is 0 Å². The molecule has 0 N–H and O–H groups in total. The summed E-state index contributed by atoms with van der Waals surface area (Å²) in [4.78, 5) is 11.5. The largest absolute Gasteiger partial charge is 0.369 e. The van der Waals surface area contributed by atoms with Gasteiger partial charge in [-0.05, 0) is 24.3 Å². The maximum atomic E-state index is 13.0. The summed E-state index contributed by atoms with van der Waals surface area (Å²) in [7, 11) is 0. The number of imidazole rings is 1.